The molecule has 0 fully saturated rings. The molecule has 7 rings (SSSR count). The van der Waals surface area contributed by atoms with Gasteiger partial charge in [0.15, 0.2) is 0 Å². The molecule has 0 radical (unpaired) electrons. The van der Waals surface area contributed by atoms with Gasteiger partial charge in [-0.2, -0.15) is 0 Å². The second-order valence-corrected chi connectivity index (χ2v) is 10.9. The Balaban J connectivity index is 1.55. The van der Waals surface area contributed by atoms with E-state index < -0.39 is 0 Å². The molecule has 5 heteroatoms. The number of rotatable bonds is 4. The minimum absolute atomic E-state index is 0.0903. The van der Waals surface area contributed by atoms with Gasteiger partial charge in [0.05, 0.1) is 0 Å². The Kier molecular flexibility index (Phi) is 5.43. The Hall–Kier alpha value is -4.44. The van der Waals surface area contributed by atoms with E-state index in [2.05, 4.69) is 54.6 Å². The van der Waals surface area contributed by atoms with Crippen LogP contribution in [0, 0.1) is 0 Å². The molecule has 7 aromatic rings. The van der Waals surface area contributed by atoms with Crippen LogP contribution in [0.25, 0.3) is 64.8 Å². The van der Waals surface area contributed by atoms with E-state index in [9.17, 15) is 0 Å². The normalized spacial score (nSPS) is 11.2. The Morgan fingerprint density at radius 3 is 1.59 bits per heavy atom. The zero-order valence-electron chi connectivity index (χ0n) is 19.7. The van der Waals surface area contributed by atoms with E-state index in [1.807, 2.05) is 66.7 Å². The van der Waals surface area contributed by atoms with Gasteiger partial charge in [0.25, 0.3) is 0 Å². The van der Waals surface area contributed by atoms with Crippen LogP contribution in [0.4, 0.5) is 0 Å². The first-order valence-electron chi connectivity index (χ1n) is 12.1. The van der Waals surface area contributed by atoms with Crippen LogP contribution in [0.5, 0.6) is 0 Å². The molecule has 0 unspecified atom stereocenters. The SMILES string of the molecule is c1ccc(-c2nc(-c3ccccc3)nc(-c3c4ccccc4cc4[se]c(-c5ccccc5)nc34)n2)cc1. The van der Waals surface area contributed by atoms with Gasteiger partial charge in [0, 0.05) is 0 Å². The van der Waals surface area contributed by atoms with Gasteiger partial charge in [0.2, 0.25) is 0 Å². The molecular weight excluding hydrogens is 519 g/mol. The Morgan fingerprint density at radius 2 is 0.973 bits per heavy atom. The third-order valence-corrected chi connectivity index (χ3v) is 8.56. The van der Waals surface area contributed by atoms with Gasteiger partial charge < -0.3 is 0 Å². The molecule has 174 valence electrons. The van der Waals surface area contributed by atoms with Crippen molar-refractivity contribution in [2.24, 2.45) is 0 Å². The predicted octanol–water partition coefficient (Wildman–Crippen LogP) is 7.30. The summed E-state index contributed by atoms with van der Waals surface area (Å²) in [4.78, 5) is 20.2. The topological polar surface area (TPSA) is 51.6 Å². The van der Waals surface area contributed by atoms with Crippen LogP contribution in [0.2, 0.25) is 0 Å². The molecule has 0 N–H and O–H groups in total. The fourth-order valence-electron chi connectivity index (χ4n) is 4.58. The van der Waals surface area contributed by atoms with Gasteiger partial charge in [-0.25, -0.2) is 0 Å². The van der Waals surface area contributed by atoms with E-state index >= 15 is 0 Å². The van der Waals surface area contributed by atoms with Crippen molar-refractivity contribution in [1.82, 2.24) is 19.9 Å². The number of fused-ring (bicyclic) bond motifs is 2. The van der Waals surface area contributed by atoms with Crippen molar-refractivity contribution in [2.45, 2.75) is 0 Å². The molecule has 0 spiro atoms. The summed E-state index contributed by atoms with van der Waals surface area (Å²) in [5.41, 5.74) is 5.02. The molecule has 2 heterocycles. The van der Waals surface area contributed by atoms with E-state index in [1.54, 1.807) is 0 Å². The van der Waals surface area contributed by atoms with Gasteiger partial charge in [0.1, 0.15) is 0 Å². The number of hydrogen-bond acceptors (Lipinski definition) is 4. The molecule has 0 aliphatic rings. The summed E-state index contributed by atoms with van der Waals surface area (Å²) in [5, 5.41) is 2.27. The van der Waals surface area contributed by atoms with Crippen molar-refractivity contribution in [3.05, 3.63) is 121 Å². The van der Waals surface area contributed by atoms with Crippen molar-refractivity contribution in [1.29, 1.82) is 0 Å². The van der Waals surface area contributed by atoms with E-state index in [-0.39, 0.29) is 14.5 Å². The van der Waals surface area contributed by atoms with Gasteiger partial charge in [-0.15, -0.1) is 0 Å². The summed E-state index contributed by atoms with van der Waals surface area (Å²) in [6, 6.07) is 41.4. The Bertz CT molecular complexity index is 1810. The van der Waals surface area contributed by atoms with Crippen molar-refractivity contribution < 1.29 is 0 Å². The van der Waals surface area contributed by atoms with Crippen LogP contribution in [-0.2, 0) is 0 Å². The first-order valence-corrected chi connectivity index (χ1v) is 13.8. The molecule has 4 nitrogen and oxygen atoms in total. The molecule has 37 heavy (non-hydrogen) atoms. The quantitative estimate of drug-likeness (QED) is 0.220. The number of nitrogens with zero attached hydrogens (tertiary/aromatic N) is 4. The van der Waals surface area contributed by atoms with Crippen molar-refractivity contribution in [2.75, 3.05) is 0 Å². The first kappa shape index (κ1) is 21.8. The van der Waals surface area contributed by atoms with Crippen molar-refractivity contribution in [3.8, 4) is 44.3 Å². The molecule has 0 saturated heterocycles. The van der Waals surface area contributed by atoms with Crippen LogP contribution in [0.15, 0.2) is 121 Å². The molecule has 0 saturated carbocycles. The summed E-state index contributed by atoms with van der Waals surface area (Å²) in [5.74, 6) is 1.96. The maximum absolute atomic E-state index is 5.20. The van der Waals surface area contributed by atoms with Crippen molar-refractivity contribution >= 4 is 35.1 Å². The fraction of sp³-hybridized carbons (Fsp3) is 0. The zero-order valence-corrected chi connectivity index (χ0v) is 21.5. The maximum atomic E-state index is 5.20. The van der Waals surface area contributed by atoms with Gasteiger partial charge >= 0.3 is 221 Å². The van der Waals surface area contributed by atoms with E-state index in [1.165, 1.54) is 15.2 Å². The third-order valence-electron chi connectivity index (χ3n) is 6.35. The van der Waals surface area contributed by atoms with Crippen LogP contribution in [-0.4, -0.2) is 34.4 Å². The second kappa shape index (κ2) is 9.21. The average molecular weight is 540 g/mol. The summed E-state index contributed by atoms with van der Waals surface area (Å²) in [7, 11) is 0. The summed E-state index contributed by atoms with van der Waals surface area (Å²) in [6.45, 7) is 0. The Morgan fingerprint density at radius 1 is 0.459 bits per heavy atom. The van der Waals surface area contributed by atoms with Crippen LogP contribution < -0.4 is 0 Å². The van der Waals surface area contributed by atoms with Gasteiger partial charge in [-0.05, 0) is 0 Å². The molecule has 2 aromatic heterocycles. The van der Waals surface area contributed by atoms with Crippen LogP contribution in [0.3, 0.4) is 0 Å². The van der Waals surface area contributed by atoms with E-state index in [0.29, 0.717) is 17.5 Å². The number of aromatic nitrogens is 4. The van der Waals surface area contributed by atoms with Gasteiger partial charge in [-0.1, -0.05) is 0 Å². The van der Waals surface area contributed by atoms with E-state index in [4.69, 9.17) is 19.9 Å². The molecule has 0 atom stereocenters. The van der Waals surface area contributed by atoms with Crippen LogP contribution >= 0.6 is 0 Å². The molecule has 5 aromatic carbocycles. The van der Waals surface area contributed by atoms with Gasteiger partial charge in [-0.3, -0.25) is 0 Å². The fourth-order valence-corrected chi connectivity index (χ4v) is 6.74. The molecule has 0 aliphatic heterocycles. The Labute approximate surface area is 220 Å². The monoisotopic (exact) mass is 540 g/mol. The summed E-state index contributed by atoms with van der Waals surface area (Å²) in [6.07, 6.45) is 0. The minimum atomic E-state index is 0.0903. The molecule has 0 aliphatic carbocycles. The molecule has 0 bridgehead atoms. The van der Waals surface area contributed by atoms with Crippen LogP contribution in [0.1, 0.15) is 0 Å². The predicted molar refractivity (Wildman–Crippen MR) is 151 cm³/mol. The average Bonchev–Trinajstić information content (AvgIpc) is 3.41. The molecule has 0 amide bonds. The van der Waals surface area contributed by atoms with E-state index in [0.717, 1.165) is 32.2 Å². The second-order valence-electron chi connectivity index (χ2n) is 8.74. The molecular formula is C32H20N4Se. The number of benzene rings is 5. The first-order chi connectivity index (χ1) is 18.3. The van der Waals surface area contributed by atoms with Crippen molar-refractivity contribution in [3.63, 3.8) is 0 Å². The summed E-state index contributed by atoms with van der Waals surface area (Å²) >= 11 is 0.0903. The summed E-state index contributed by atoms with van der Waals surface area (Å²) < 4.78 is 2.38. The zero-order chi connectivity index (χ0) is 24.6. The third kappa shape index (κ3) is 4.05. The standard InChI is InChI=1S/C32H20N4Se/c1-4-12-21(13-5-1)29-34-30(22-14-6-2-7-15-22)36-31(35-29)27-25-19-11-10-18-24(25)20-26-28(27)33-32(37-26)23-16-8-3-9-17-23/h1-20H. The number of hydrogen-bond donors (Lipinski definition) is 0.